The van der Waals surface area contributed by atoms with Gasteiger partial charge in [0.15, 0.2) is 0 Å². The Bertz CT molecular complexity index is 1070. The summed E-state index contributed by atoms with van der Waals surface area (Å²) < 4.78 is 49.9. The lowest BCUT2D eigenvalue weighted by Gasteiger charge is -2.35. The van der Waals surface area contributed by atoms with Crippen molar-refractivity contribution in [3.63, 3.8) is 0 Å². The van der Waals surface area contributed by atoms with Gasteiger partial charge in [-0.3, -0.25) is 0 Å². The average molecular weight is 512 g/mol. The first-order chi connectivity index (χ1) is 16.7. The Morgan fingerprint density at radius 1 is 1.19 bits per heavy atom. The molecule has 3 heterocycles. The molecule has 9 nitrogen and oxygen atoms in total. The fourth-order valence-electron chi connectivity index (χ4n) is 3.91. The molecule has 3 N–H and O–H groups in total. The quantitative estimate of drug-likeness (QED) is 0.604. The van der Waals surface area contributed by atoms with Crippen molar-refractivity contribution in [1.82, 2.24) is 19.9 Å². The molecule has 36 heavy (non-hydrogen) atoms. The van der Waals surface area contributed by atoms with E-state index >= 15 is 0 Å². The number of carbonyl (C=O) groups excluding carboxylic acids is 1. The summed E-state index contributed by atoms with van der Waals surface area (Å²) in [5.74, 6) is 0.0882. The molecule has 1 amide bonds. The SMILES string of the molecule is Cc1ncc(C(O)(CN)COc2cccc(C(F)(F)F)n2)c(C2CCN(C(=O)OC(C)(C)C)CC2)n1. The van der Waals surface area contributed by atoms with Crippen LogP contribution in [0.5, 0.6) is 5.88 Å². The average Bonchev–Trinajstić information content (AvgIpc) is 2.81. The molecule has 1 aliphatic rings. The minimum Gasteiger partial charge on any atom is -0.474 e. The Morgan fingerprint density at radius 2 is 1.86 bits per heavy atom. The van der Waals surface area contributed by atoms with E-state index in [2.05, 4.69) is 15.0 Å². The molecule has 0 saturated carbocycles. The number of hydrogen-bond acceptors (Lipinski definition) is 8. The van der Waals surface area contributed by atoms with E-state index in [1.807, 2.05) is 0 Å². The van der Waals surface area contributed by atoms with Gasteiger partial charge in [0.2, 0.25) is 5.88 Å². The molecular weight excluding hydrogens is 479 g/mol. The standard InChI is InChI=1S/C24H32F3N5O4/c1-15-29-12-17(20(30-15)16-8-10-32(11-9-16)21(33)36-22(2,3)4)23(34,13-28)14-35-19-7-5-6-18(31-19)24(25,26)27/h5-7,12,16,34H,8-11,13-14,28H2,1-4H3. The van der Waals surface area contributed by atoms with Crippen LogP contribution < -0.4 is 10.5 Å². The Kier molecular flexibility index (Phi) is 8.09. The molecule has 1 atom stereocenters. The number of piperidine rings is 1. The first kappa shape index (κ1) is 27.6. The van der Waals surface area contributed by atoms with Crippen molar-refractivity contribution < 1.29 is 32.5 Å². The number of aliphatic hydroxyl groups is 1. The molecule has 0 spiro atoms. The molecule has 0 aromatic carbocycles. The molecule has 0 aliphatic carbocycles. The van der Waals surface area contributed by atoms with E-state index < -0.39 is 29.7 Å². The maximum Gasteiger partial charge on any atom is 0.433 e. The number of halogens is 3. The van der Waals surface area contributed by atoms with Crippen LogP contribution in [0.2, 0.25) is 0 Å². The highest BCUT2D eigenvalue weighted by molar-refractivity contribution is 5.68. The Labute approximate surface area is 207 Å². The van der Waals surface area contributed by atoms with E-state index in [1.54, 1.807) is 32.6 Å². The van der Waals surface area contributed by atoms with E-state index in [0.29, 0.717) is 43.0 Å². The van der Waals surface area contributed by atoms with Crippen molar-refractivity contribution in [1.29, 1.82) is 0 Å². The third kappa shape index (κ3) is 6.82. The summed E-state index contributed by atoms with van der Waals surface area (Å²) in [5, 5.41) is 11.4. The minimum atomic E-state index is -4.63. The van der Waals surface area contributed by atoms with Crippen molar-refractivity contribution in [2.45, 2.75) is 63.8 Å². The van der Waals surface area contributed by atoms with Gasteiger partial charge in [0, 0.05) is 43.4 Å². The molecule has 2 aromatic rings. The van der Waals surface area contributed by atoms with E-state index in [0.717, 1.165) is 6.07 Å². The Morgan fingerprint density at radius 3 is 2.44 bits per heavy atom. The minimum absolute atomic E-state index is 0.106. The van der Waals surface area contributed by atoms with Crippen LogP contribution in [0, 0.1) is 6.92 Å². The third-order valence-electron chi connectivity index (χ3n) is 5.78. The molecule has 1 saturated heterocycles. The van der Waals surface area contributed by atoms with Crippen molar-refractivity contribution in [3.05, 3.63) is 47.2 Å². The van der Waals surface area contributed by atoms with Crippen LogP contribution in [-0.4, -0.2) is 62.9 Å². The fourth-order valence-corrected chi connectivity index (χ4v) is 3.91. The number of ether oxygens (including phenoxy) is 2. The number of likely N-dealkylation sites (tertiary alicyclic amines) is 1. The topological polar surface area (TPSA) is 124 Å². The van der Waals surface area contributed by atoms with E-state index in [-0.39, 0.29) is 24.4 Å². The number of aromatic nitrogens is 3. The summed E-state index contributed by atoms with van der Waals surface area (Å²) in [7, 11) is 0. The molecule has 12 heteroatoms. The number of alkyl halides is 3. The number of nitrogens with zero attached hydrogens (tertiary/aromatic N) is 4. The van der Waals surface area contributed by atoms with Crippen molar-refractivity contribution in [3.8, 4) is 5.88 Å². The lowest BCUT2D eigenvalue weighted by atomic mass is 9.85. The highest BCUT2D eigenvalue weighted by atomic mass is 19.4. The molecule has 3 rings (SSSR count). The van der Waals surface area contributed by atoms with Crippen molar-refractivity contribution in [2.75, 3.05) is 26.2 Å². The van der Waals surface area contributed by atoms with Crippen LogP contribution >= 0.6 is 0 Å². The van der Waals surface area contributed by atoms with E-state index in [9.17, 15) is 23.1 Å². The van der Waals surface area contributed by atoms with E-state index in [4.69, 9.17) is 15.2 Å². The maximum atomic E-state index is 13.0. The van der Waals surface area contributed by atoms with Crippen LogP contribution in [0.15, 0.2) is 24.4 Å². The number of aryl methyl sites for hydroxylation is 1. The van der Waals surface area contributed by atoms with Gasteiger partial charge in [0.05, 0.1) is 5.69 Å². The molecule has 198 valence electrons. The van der Waals surface area contributed by atoms with Gasteiger partial charge in [-0.15, -0.1) is 0 Å². The second kappa shape index (κ2) is 10.6. The van der Waals surface area contributed by atoms with Gasteiger partial charge in [0.1, 0.15) is 29.3 Å². The van der Waals surface area contributed by atoms with Crippen LogP contribution in [0.25, 0.3) is 0 Å². The summed E-state index contributed by atoms with van der Waals surface area (Å²) in [5.41, 5.74) is 3.32. The molecular formula is C24H32F3N5O4. The second-order valence-electron chi connectivity index (χ2n) is 9.84. The van der Waals surface area contributed by atoms with Gasteiger partial charge >= 0.3 is 12.3 Å². The highest BCUT2D eigenvalue weighted by Crippen LogP contribution is 2.35. The summed E-state index contributed by atoms with van der Waals surface area (Å²) >= 11 is 0. The molecule has 1 aliphatic heterocycles. The lowest BCUT2D eigenvalue weighted by Crippen LogP contribution is -2.44. The third-order valence-corrected chi connectivity index (χ3v) is 5.78. The highest BCUT2D eigenvalue weighted by Gasteiger charge is 2.37. The predicted molar refractivity (Wildman–Crippen MR) is 124 cm³/mol. The molecule has 0 radical (unpaired) electrons. The number of nitrogens with two attached hydrogens (primary N) is 1. The monoisotopic (exact) mass is 511 g/mol. The zero-order valence-corrected chi connectivity index (χ0v) is 20.8. The molecule has 2 aromatic heterocycles. The summed E-state index contributed by atoms with van der Waals surface area (Å²) in [6, 6.07) is 3.27. The van der Waals surface area contributed by atoms with Gasteiger partial charge in [-0.2, -0.15) is 13.2 Å². The molecule has 1 fully saturated rings. The van der Waals surface area contributed by atoms with Gasteiger partial charge in [-0.1, -0.05) is 6.07 Å². The first-order valence-electron chi connectivity index (χ1n) is 11.6. The first-order valence-corrected chi connectivity index (χ1v) is 11.6. The second-order valence-corrected chi connectivity index (χ2v) is 9.84. The van der Waals surface area contributed by atoms with Crippen LogP contribution in [0.3, 0.4) is 0 Å². The predicted octanol–water partition coefficient (Wildman–Crippen LogP) is 3.54. The maximum absolute atomic E-state index is 13.0. The zero-order chi connectivity index (χ0) is 26.7. The molecule has 0 bridgehead atoms. The van der Waals surface area contributed by atoms with E-state index in [1.165, 1.54) is 18.3 Å². The smallest absolute Gasteiger partial charge is 0.433 e. The van der Waals surface area contributed by atoms with Gasteiger partial charge in [-0.05, 0) is 46.6 Å². The number of rotatable bonds is 6. The summed E-state index contributed by atoms with van der Waals surface area (Å²) in [6.07, 6.45) is -2.41. The van der Waals surface area contributed by atoms with Gasteiger partial charge in [-0.25, -0.2) is 19.7 Å². The van der Waals surface area contributed by atoms with Crippen molar-refractivity contribution >= 4 is 6.09 Å². The van der Waals surface area contributed by atoms with Crippen LogP contribution in [0.1, 0.15) is 62.3 Å². The zero-order valence-electron chi connectivity index (χ0n) is 20.8. The fraction of sp³-hybridized carbons (Fsp3) is 0.583. The lowest BCUT2D eigenvalue weighted by molar-refractivity contribution is -0.141. The van der Waals surface area contributed by atoms with Crippen LogP contribution in [-0.2, 0) is 16.5 Å². The largest absolute Gasteiger partial charge is 0.474 e. The summed E-state index contributed by atoms with van der Waals surface area (Å²) in [6.45, 7) is 7.26. The number of pyridine rings is 1. The van der Waals surface area contributed by atoms with Crippen LogP contribution in [0.4, 0.5) is 18.0 Å². The number of carbonyl (C=O) groups is 1. The van der Waals surface area contributed by atoms with Gasteiger partial charge < -0.3 is 25.2 Å². The Balaban J connectivity index is 1.78. The Hall–Kier alpha value is -2.99. The number of hydrogen-bond donors (Lipinski definition) is 2. The van der Waals surface area contributed by atoms with Gasteiger partial charge in [0.25, 0.3) is 0 Å². The molecule has 1 unspecified atom stereocenters. The summed E-state index contributed by atoms with van der Waals surface area (Å²) in [4.78, 5) is 26.3. The normalized spacial score (nSPS) is 17.0. The number of amides is 1. The van der Waals surface area contributed by atoms with Crippen molar-refractivity contribution in [2.24, 2.45) is 5.73 Å².